The number of nitrogens with one attached hydrogen (secondary N) is 1. The molecule has 3 aromatic carbocycles. The SMILES string of the molecule is Cc1c(OCc2nnc(SCC(=O)Nc3ccc(C(C)C)cc3)n2C)ccc2ccccc12. The largest absolute Gasteiger partial charge is 0.485 e. The molecule has 1 amide bonds. The summed E-state index contributed by atoms with van der Waals surface area (Å²) < 4.78 is 7.91. The van der Waals surface area contributed by atoms with Crippen LogP contribution in [0.3, 0.4) is 0 Å². The number of hydrogen-bond donors (Lipinski definition) is 1. The van der Waals surface area contributed by atoms with E-state index >= 15 is 0 Å². The third-order valence-corrected chi connectivity index (χ3v) is 6.64. The molecule has 6 nitrogen and oxygen atoms in total. The van der Waals surface area contributed by atoms with Gasteiger partial charge in [0.1, 0.15) is 12.4 Å². The Balaban J connectivity index is 1.33. The maximum Gasteiger partial charge on any atom is 0.234 e. The first-order valence-corrected chi connectivity index (χ1v) is 11.9. The number of nitrogens with zero attached hydrogens (tertiary/aromatic N) is 3. The van der Waals surface area contributed by atoms with Crippen molar-refractivity contribution in [2.75, 3.05) is 11.1 Å². The molecule has 0 aliphatic heterocycles. The van der Waals surface area contributed by atoms with Crippen molar-refractivity contribution < 1.29 is 9.53 Å². The van der Waals surface area contributed by atoms with Crippen molar-refractivity contribution in [2.45, 2.75) is 38.5 Å². The van der Waals surface area contributed by atoms with E-state index in [9.17, 15) is 4.79 Å². The van der Waals surface area contributed by atoms with Crippen LogP contribution in [0.5, 0.6) is 5.75 Å². The summed E-state index contributed by atoms with van der Waals surface area (Å²) in [5, 5.41) is 14.4. The van der Waals surface area contributed by atoms with E-state index in [0.29, 0.717) is 23.5 Å². The van der Waals surface area contributed by atoms with Gasteiger partial charge in [0.25, 0.3) is 0 Å². The number of rotatable bonds is 8. The van der Waals surface area contributed by atoms with Crippen LogP contribution >= 0.6 is 11.8 Å². The summed E-state index contributed by atoms with van der Waals surface area (Å²) in [6.07, 6.45) is 0. The number of carbonyl (C=O) groups is 1. The molecule has 7 heteroatoms. The topological polar surface area (TPSA) is 69.0 Å². The van der Waals surface area contributed by atoms with E-state index in [1.54, 1.807) is 0 Å². The molecule has 4 aromatic rings. The van der Waals surface area contributed by atoms with Gasteiger partial charge in [-0.15, -0.1) is 10.2 Å². The summed E-state index contributed by atoms with van der Waals surface area (Å²) in [6, 6.07) is 20.2. The second-order valence-corrected chi connectivity index (χ2v) is 9.21. The molecule has 4 rings (SSSR count). The van der Waals surface area contributed by atoms with Crippen molar-refractivity contribution in [1.82, 2.24) is 14.8 Å². The number of fused-ring (bicyclic) bond motifs is 1. The molecule has 0 spiro atoms. The van der Waals surface area contributed by atoms with Crippen molar-refractivity contribution >= 4 is 34.1 Å². The number of thioether (sulfide) groups is 1. The van der Waals surface area contributed by atoms with E-state index in [1.807, 2.05) is 54.1 Å². The molecule has 1 N–H and O–H groups in total. The van der Waals surface area contributed by atoms with Gasteiger partial charge in [0.15, 0.2) is 11.0 Å². The lowest BCUT2D eigenvalue weighted by Gasteiger charge is -2.11. The molecule has 1 heterocycles. The van der Waals surface area contributed by atoms with Crippen molar-refractivity contribution in [3.05, 3.63) is 77.6 Å². The van der Waals surface area contributed by atoms with Crippen LogP contribution in [0.4, 0.5) is 5.69 Å². The Bertz CT molecular complexity index is 1270. The van der Waals surface area contributed by atoms with E-state index < -0.39 is 0 Å². The maximum absolute atomic E-state index is 12.4. The summed E-state index contributed by atoms with van der Waals surface area (Å²) in [4.78, 5) is 12.4. The highest BCUT2D eigenvalue weighted by atomic mass is 32.2. The fourth-order valence-electron chi connectivity index (χ4n) is 3.58. The smallest absolute Gasteiger partial charge is 0.234 e. The molecule has 0 bridgehead atoms. The summed E-state index contributed by atoms with van der Waals surface area (Å²) in [5.41, 5.74) is 3.14. The Morgan fingerprint density at radius 1 is 1.06 bits per heavy atom. The van der Waals surface area contributed by atoms with Crippen LogP contribution in [0.1, 0.15) is 36.7 Å². The van der Waals surface area contributed by atoms with E-state index in [2.05, 4.69) is 54.5 Å². The highest BCUT2D eigenvalue weighted by molar-refractivity contribution is 7.99. The molecule has 0 aliphatic carbocycles. The molecule has 1 aromatic heterocycles. The van der Waals surface area contributed by atoms with E-state index in [0.717, 1.165) is 17.0 Å². The number of aromatic nitrogens is 3. The van der Waals surface area contributed by atoms with Crippen LogP contribution in [-0.4, -0.2) is 26.4 Å². The minimum atomic E-state index is -0.0788. The quantitative estimate of drug-likeness (QED) is 0.341. The highest BCUT2D eigenvalue weighted by Crippen LogP contribution is 2.28. The molecule has 0 fully saturated rings. The van der Waals surface area contributed by atoms with Gasteiger partial charge in [-0.1, -0.05) is 68.1 Å². The van der Waals surface area contributed by atoms with Gasteiger partial charge in [-0.2, -0.15) is 0 Å². The Kier molecular flexibility index (Phi) is 6.99. The summed E-state index contributed by atoms with van der Waals surface area (Å²) in [6.45, 7) is 6.66. The van der Waals surface area contributed by atoms with Gasteiger partial charge in [-0.25, -0.2) is 0 Å². The van der Waals surface area contributed by atoms with Gasteiger partial charge in [-0.05, 0) is 52.9 Å². The normalized spacial score (nSPS) is 11.2. The monoisotopic (exact) mass is 460 g/mol. The second-order valence-electron chi connectivity index (χ2n) is 8.27. The molecule has 0 radical (unpaired) electrons. The molecule has 0 saturated heterocycles. The third-order valence-electron chi connectivity index (χ3n) is 5.62. The van der Waals surface area contributed by atoms with Crippen LogP contribution in [0.2, 0.25) is 0 Å². The molecule has 0 atom stereocenters. The number of anilines is 1. The molecule has 33 heavy (non-hydrogen) atoms. The summed E-state index contributed by atoms with van der Waals surface area (Å²) in [5.74, 6) is 2.17. The highest BCUT2D eigenvalue weighted by Gasteiger charge is 2.13. The number of hydrogen-bond acceptors (Lipinski definition) is 5. The predicted octanol–water partition coefficient (Wildman–Crippen LogP) is 5.71. The van der Waals surface area contributed by atoms with Crippen molar-refractivity contribution in [2.24, 2.45) is 7.05 Å². The molecular formula is C26H28N4O2S. The fourth-order valence-corrected chi connectivity index (χ4v) is 4.31. The number of ether oxygens (including phenoxy) is 1. The van der Waals surface area contributed by atoms with E-state index in [1.165, 1.54) is 28.1 Å². The Morgan fingerprint density at radius 3 is 2.58 bits per heavy atom. The number of carbonyl (C=O) groups excluding carboxylic acids is 1. The number of benzene rings is 3. The molecule has 0 aliphatic rings. The third kappa shape index (κ3) is 5.37. The molecular weight excluding hydrogens is 432 g/mol. The average Bonchev–Trinajstić information content (AvgIpc) is 3.17. The van der Waals surface area contributed by atoms with Crippen LogP contribution in [0.25, 0.3) is 10.8 Å². The zero-order valence-electron chi connectivity index (χ0n) is 19.3. The minimum absolute atomic E-state index is 0.0788. The Labute approximate surface area is 198 Å². The van der Waals surface area contributed by atoms with E-state index in [-0.39, 0.29) is 11.7 Å². The second kappa shape index (κ2) is 10.1. The fraction of sp³-hybridized carbons (Fsp3) is 0.269. The lowest BCUT2D eigenvalue weighted by atomic mass is 10.0. The van der Waals surface area contributed by atoms with Crippen molar-refractivity contribution in [3.63, 3.8) is 0 Å². The van der Waals surface area contributed by atoms with Crippen molar-refractivity contribution in [1.29, 1.82) is 0 Å². The van der Waals surface area contributed by atoms with Crippen molar-refractivity contribution in [3.8, 4) is 5.75 Å². The lowest BCUT2D eigenvalue weighted by Crippen LogP contribution is -2.14. The van der Waals surface area contributed by atoms with Crippen LogP contribution in [0, 0.1) is 6.92 Å². The molecule has 170 valence electrons. The number of amides is 1. The zero-order chi connectivity index (χ0) is 23.4. The Hall–Kier alpha value is -3.32. The maximum atomic E-state index is 12.4. The first-order valence-electron chi connectivity index (χ1n) is 10.9. The standard InChI is InChI=1S/C26H28N4O2S/c1-17(2)19-9-12-21(13-10-19)27-25(31)16-33-26-29-28-24(30(26)4)15-32-23-14-11-20-7-5-6-8-22(20)18(23)3/h5-14,17H,15-16H2,1-4H3,(H,27,31). The average molecular weight is 461 g/mol. The lowest BCUT2D eigenvalue weighted by molar-refractivity contribution is -0.113. The molecule has 0 saturated carbocycles. The number of aryl methyl sites for hydroxylation is 1. The van der Waals surface area contributed by atoms with Gasteiger partial charge in [-0.3, -0.25) is 4.79 Å². The molecule has 0 unspecified atom stereocenters. The van der Waals surface area contributed by atoms with Crippen LogP contribution < -0.4 is 10.1 Å². The van der Waals surface area contributed by atoms with Gasteiger partial charge in [0, 0.05) is 12.7 Å². The van der Waals surface area contributed by atoms with Gasteiger partial charge in [0.2, 0.25) is 5.91 Å². The first kappa shape index (κ1) is 22.9. The first-order chi connectivity index (χ1) is 15.9. The van der Waals surface area contributed by atoms with Crippen LogP contribution in [0.15, 0.2) is 65.8 Å². The summed E-state index contributed by atoms with van der Waals surface area (Å²) >= 11 is 1.35. The predicted molar refractivity (Wildman–Crippen MR) is 134 cm³/mol. The zero-order valence-corrected chi connectivity index (χ0v) is 20.1. The minimum Gasteiger partial charge on any atom is -0.485 e. The summed E-state index contributed by atoms with van der Waals surface area (Å²) in [7, 11) is 1.89. The van der Waals surface area contributed by atoms with Gasteiger partial charge >= 0.3 is 0 Å². The Morgan fingerprint density at radius 2 is 1.82 bits per heavy atom. The van der Waals surface area contributed by atoms with Gasteiger partial charge in [0.05, 0.1) is 5.75 Å². The van der Waals surface area contributed by atoms with Gasteiger partial charge < -0.3 is 14.6 Å². The van der Waals surface area contributed by atoms with Crippen LogP contribution in [-0.2, 0) is 18.4 Å². The van der Waals surface area contributed by atoms with E-state index in [4.69, 9.17) is 4.74 Å².